The summed E-state index contributed by atoms with van der Waals surface area (Å²) in [5.41, 5.74) is 0.963. The Morgan fingerprint density at radius 1 is 0.629 bits per heavy atom. The monoisotopic (exact) mass is 586 g/mol. The van der Waals surface area contributed by atoms with E-state index in [1.165, 1.54) is 0 Å². The van der Waals surface area contributed by atoms with Gasteiger partial charge in [-0.05, 0) is 43.3 Å². The molecule has 1 aliphatic rings. The van der Waals surface area contributed by atoms with Crippen LogP contribution in [0.15, 0.2) is 91.0 Å². The Morgan fingerprint density at radius 2 is 1.00 bits per heavy atom. The Balaban J connectivity index is 1.63. The van der Waals surface area contributed by atoms with Crippen LogP contribution >= 0.6 is 22.6 Å². The van der Waals surface area contributed by atoms with Crippen molar-refractivity contribution in [1.82, 2.24) is 0 Å². The summed E-state index contributed by atoms with van der Waals surface area (Å²) in [6, 6.07) is 25.3. The van der Waals surface area contributed by atoms with Gasteiger partial charge in [0, 0.05) is 0 Å². The molecule has 180 valence electrons. The summed E-state index contributed by atoms with van der Waals surface area (Å²) in [5, 5.41) is 0. The van der Waals surface area contributed by atoms with Crippen LogP contribution in [0.1, 0.15) is 38.0 Å². The predicted molar refractivity (Wildman–Crippen MR) is 135 cm³/mol. The highest BCUT2D eigenvalue weighted by molar-refractivity contribution is 14.1. The summed E-state index contributed by atoms with van der Waals surface area (Å²) in [7, 11) is 0. The van der Waals surface area contributed by atoms with Gasteiger partial charge < -0.3 is 18.9 Å². The largest absolute Gasteiger partial charge is 0.453 e. The number of benzene rings is 3. The summed E-state index contributed by atoms with van der Waals surface area (Å²) in [6.07, 6.45) is -3.89. The highest BCUT2D eigenvalue weighted by Gasteiger charge is 2.50. The lowest BCUT2D eigenvalue weighted by atomic mass is 10.0. The van der Waals surface area contributed by atoms with E-state index in [9.17, 15) is 14.4 Å². The number of carbonyl (C=O) groups excluding carboxylic acids is 3. The fraction of sp³-hybridized carbons (Fsp3) is 0.222. The molecule has 3 aromatic rings. The zero-order valence-electron chi connectivity index (χ0n) is 18.8. The summed E-state index contributed by atoms with van der Waals surface area (Å²) in [4.78, 5) is 38.6. The van der Waals surface area contributed by atoms with Crippen molar-refractivity contribution in [3.8, 4) is 0 Å². The minimum atomic E-state index is -1.29. The molecule has 1 heterocycles. The minimum absolute atomic E-state index is 0.303. The highest BCUT2D eigenvalue weighted by atomic mass is 127. The van der Waals surface area contributed by atoms with Gasteiger partial charge in [-0.3, -0.25) is 0 Å². The Morgan fingerprint density at radius 3 is 1.43 bits per heavy atom. The highest BCUT2D eigenvalue weighted by Crippen LogP contribution is 2.33. The summed E-state index contributed by atoms with van der Waals surface area (Å²) >= 11 is 2.10. The maximum absolute atomic E-state index is 12.9. The molecule has 0 spiro atoms. The van der Waals surface area contributed by atoms with Crippen LogP contribution in [0.3, 0.4) is 0 Å². The molecule has 35 heavy (non-hydrogen) atoms. The van der Waals surface area contributed by atoms with Crippen molar-refractivity contribution in [3.05, 3.63) is 108 Å². The third kappa shape index (κ3) is 6.07. The average molecular weight is 586 g/mol. The molecule has 0 amide bonds. The zero-order valence-corrected chi connectivity index (χ0v) is 20.9. The van der Waals surface area contributed by atoms with Crippen LogP contribution < -0.4 is 0 Å². The fourth-order valence-electron chi connectivity index (χ4n) is 3.60. The van der Waals surface area contributed by atoms with E-state index in [1.807, 2.05) is 0 Å². The zero-order chi connectivity index (χ0) is 24.8. The molecule has 0 aromatic heterocycles. The number of carbonyl (C=O) groups is 3. The molecule has 3 aromatic carbocycles. The van der Waals surface area contributed by atoms with E-state index in [-0.39, 0.29) is 3.92 Å². The second-order valence-corrected chi connectivity index (χ2v) is 9.34. The van der Waals surface area contributed by atoms with Crippen molar-refractivity contribution >= 4 is 40.5 Å². The van der Waals surface area contributed by atoms with Crippen LogP contribution in [0.4, 0.5) is 0 Å². The Kier molecular flexibility index (Phi) is 8.14. The molecular weight excluding hydrogens is 563 g/mol. The lowest BCUT2D eigenvalue weighted by Gasteiger charge is -2.42. The standard InChI is InChI=1S/C27H23IO7/c1-17-21(28)22(33-24(29)18-11-5-2-6-12-18)23(34-25(30)19-13-7-3-8-14-19)27(32-17)35-26(31)20-15-9-4-10-16-20/h2-17,21-23,27H,1H3/t17-,21-,22-,23+,27-/m0/s1. The van der Waals surface area contributed by atoms with Gasteiger partial charge in [0.05, 0.1) is 26.7 Å². The van der Waals surface area contributed by atoms with E-state index < -0.39 is 42.5 Å². The van der Waals surface area contributed by atoms with Crippen molar-refractivity contribution in [2.75, 3.05) is 0 Å². The molecule has 1 fully saturated rings. The van der Waals surface area contributed by atoms with E-state index in [1.54, 1.807) is 97.9 Å². The van der Waals surface area contributed by atoms with Crippen LogP contribution in [0.5, 0.6) is 0 Å². The van der Waals surface area contributed by atoms with E-state index in [0.29, 0.717) is 16.7 Å². The molecule has 0 unspecified atom stereocenters. The number of esters is 3. The number of hydrogen-bond acceptors (Lipinski definition) is 7. The number of hydrogen-bond donors (Lipinski definition) is 0. The van der Waals surface area contributed by atoms with E-state index in [2.05, 4.69) is 22.6 Å². The number of ether oxygens (including phenoxy) is 4. The molecule has 1 aliphatic heterocycles. The molecule has 0 bridgehead atoms. The molecule has 8 heteroatoms. The topological polar surface area (TPSA) is 88.1 Å². The van der Waals surface area contributed by atoms with Crippen molar-refractivity contribution in [2.45, 2.75) is 35.5 Å². The van der Waals surface area contributed by atoms with Gasteiger partial charge in [-0.25, -0.2) is 14.4 Å². The van der Waals surface area contributed by atoms with Crippen LogP contribution in [-0.4, -0.2) is 46.4 Å². The van der Waals surface area contributed by atoms with Gasteiger partial charge in [-0.1, -0.05) is 77.2 Å². The van der Waals surface area contributed by atoms with Crippen LogP contribution in [0.25, 0.3) is 0 Å². The molecule has 0 saturated carbocycles. The van der Waals surface area contributed by atoms with Crippen molar-refractivity contribution < 1.29 is 33.3 Å². The molecule has 1 saturated heterocycles. The number of rotatable bonds is 6. The fourth-order valence-corrected chi connectivity index (χ4v) is 4.32. The Hall–Kier alpha value is -3.24. The van der Waals surface area contributed by atoms with Gasteiger partial charge >= 0.3 is 17.9 Å². The second-order valence-electron chi connectivity index (χ2n) is 7.90. The Bertz CT molecular complexity index is 1150. The summed E-state index contributed by atoms with van der Waals surface area (Å²) in [6.45, 7) is 1.78. The number of halogens is 1. The second kappa shape index (κ2) is 11.5. The molecule has 7 nitrogen and oxygen atoms in total. The lowest BCUT2D eigenvalue weighted by molar-refractivity contribution is -0.236. The molecular formula is C27H23IO7. The third-order valence-electron chi connectivity index (χ3n) is 5.44. The van der Waals surface area contributed by atoms with Gasteiger partial charge in [0.15, 0.2) is 6.10 Å². The molecule has 0 radical (unpaired) electrons. The van der Waals surface area contributed by atoms with E-state index in [4.69, 9.17) is 18.9 Å². The maximum Gasteiger partial charge on any atom is 0.340 e. The predicted octanol–water partition coefficient (Wildman–Crippen LogP) is 4.84. The molecule has 5 atom stereocenters. The smallest absolute Gasteiger partial charge is 0.340 e. The van der Waals surface area contributed by atoms with Crippen LogP contribution in [-0.2, 0) is 18.9 Å². The molecule has 0 N–H and O–H groups in total. The van der Waals surface area contributed by atoms with Crippen molar-refractivity contribution in [2.24, 2.45) is 0 Å². The minimum Gasteiger partial charge on any atom is -0.453 e. The SMILES string of the molecule is C[C@@H]1O[C@@H](OC(=O)c2ccccc2)[C@H](OC(=O)c2ccccc2)[C@@H](OC(=O)c2ccccc2)[C@H]1I. The van der Waals surface area contributed by atoms with E-state index in [0.717, 1.165) is 0 Å². The number of alkyl halides is 1. The molecule has 4 rings (SSSR count). The van der Waals surface area contributed by atoms with Gasteiger partial charge in [-0.2, -0.15) is 0 Å². The first-order valence-corrected chi connectivity index (χ1v) is 12.3. The maximum atomic E-state index is 12.9. The summed E-state index contributed by atoms with van der Waals surface area (Å²) in [5.74, 6) is -1.89. The third-order valence-corrected chi connectivity index (χ3v) is 7.16. The first kappa shape index (κ1) is 24.9. The van der Waals surface area contributed by atoms with Crippen LogP contribution in [0, 0.1) is 0 Å². The van der Waals surface area contributed by atoms with Gasteiger partial charge in [-0.15, -0.1) is 0 Å². The van der Waals surface area contributed by atoms with Gasteiger partial charge in [0.25, 0.3) is 0 Å². The van der Waals surface area contributed by atoms with E-state index >= 15 is 0 Å². The first-order chi connectivity index (χ1) is 16.9. The van der Waals surface area contributed by atoms with Crippen LogP contribution in [0.2, 0.25) is 0 Å². The quantitative estimate of drug-likeness (QED) is 0.177. The van der Waals surface area contributed by atoms with Gasteiger partial charge in [0.2, 0.25) is 12.4 Å². The summed E-state index contributed by atoms with van der Waals surface area (Å²) < 4.78 is 22.8. The van der Waals surface area contributed by atoms with Crippen molar-refractivity contribution in [3.63, 3.8) is 0 Å². The molecule has 0 aliphatic carbocycles. The first-order valence-electron chi connectivity index (χ1n) is 11.0. The Labute approximate surface area is 216 Å². The van der Waals surface area contributed by atoms with Crippen molar-refractivity contribution in [1.29, 1.82) is 0 Å². The lowest BCUT2D eigenvalue weighted by Crippen LogP contribution is -2.58. The normalized spacial score (nSPS) is 23.7. The average Bonchev–Trinajstić information content (AvgIpc) is 2.90. The van der Waals surface area contributed by atoms with Gasteiger partial charge in [0.1, 0.15) is 0 Å².